The summed E-state index contributed by atoms with van der Waals surface area (Å²) in [6.45, 7) is 1.89. The molecule has 3 rings (SSSR count). The number of ether oxygens (including phenoxy) is 2. The summed E-state index contributed by atoms with van der Waals surface area (Å²) in [5.74, 6) is 2.43. The molecule has 0 radical (unpaired) electrons. The van der Waals surface area contributed by atoms with Gasteiger partial charge in [0.15, 0.2) is 0 Å². The number of nitriles is 1. The van der Waals surface area contributed by atoms with Crippen LogP contribution in [0.2, 0.25) is 0 Å². The van der Waals surface area contributed by atoms with Crippen molar-refractivity contribution in [3.05, 3.63) is 59.8 Å². The molecule has 0 atom stereocenters. The summed E-state index contributed by atoms with van der Waals surface area (Å²) in [5.41, 5.74) is 2.96. The molecule has 136 valence electrons. The first-order valence-corrected chi connectivity index (χ1v) is 8.23. The topological polar surface area (TPSA) is 92.1 Å². The zero-order valence-corrected chi connectivity index (χ0v) is 15.3. The molecule has 0 aliphatic rings. The number of hydrogen-bond acceptors (Lipinski definition) is 7. The minimum atomic E-state index is 0.453. The third kappa shape index (κ3) is 4.44. The molecular formula is C20H19N5O2. The number of aromatic nitrogens is 2. The second kappa shape index (κ2) is 8.06. The van der Waals surface area contributed by atoms with E-state index in [0.717, 1.165) is 17.1 Å². The lowest BCUT2D eigenvalue weighted by Crippen LogP contribution is -2.03. The van der Waals surface area contributed by atoms with Crippen LogP contribution in [0.5, 0.6) is 11.5 Å². The number of benzene rings is 2. The lowest BCUT2D eigenvalue weighted by atomic mass is 10.2. The molecule has 1 heterocycles. The van der Waals surface area contributed by atoms with Crippen LogP contribution in [0.15, 0.2) is 48.5 Å². The summed E-state index contributed by atoms with van der Waals surface area (Å²) in [6, 6.07) is 16.5. The highest BCUT2D eigenvalue weighted by atomic mass is 16.5. The molecule has 0 aliphatic carbocycles. The molecule has 2 aromatic carbocycles. The summed E-state index contributed by atoms with van der Waals surface area (Å²) in [4.78, 5) is 8.90. The third-order valence-corrected chi connectivity index (χ3v) is 3.80. The summed E-state index contributed by atoms with van der Waals surface area (Å²) in [6.07, 6.45) is 0. The van der Waals surface area contributed by atoms with Crippen LogP contribution < -0.4 is 20.1 Å². The average molecular weight is 361 g/mol. The fraction of sp³-hybridized carbons (Fsp3) is 0.150. The third-order valence-electron chi connectivity index (χ3n) is 3.80. The number of methoxy groups -OCH3 is 2. The molecule has 0 bridgehead atoms. The Bertz CT molecular complexity index is 981. The first kappa shape index (κ1) is 18.0. The van der Waals surface area contributed by atoms with Crippen LogP contribution in [-0.2, 0) is 0 Å². The maximum Gasteiger partial charge on any atom is 0.229 e. The molecule has 0 unspecified atom stereocenters. The second-order valence-electron chi connectivity index (χ2n) is 5.72. The van der Waals surface area contributed by atoms with Crippen LogP contribution in [0, 0.1) is 18.3 Å². The Morgan fingerprint density at radius 3 is 2.37 bits per heavy atom. The Balaban J connectivity index is 1.84. The monoisotopic (exact) mass is 361 g/mol. The quantitative estimate of drug-likeness (QED) is 0.681. The molecule has 0 aliphatic heterocycles. The molecule has 0 fully saturated rings. The van der Waals surface area contributed by atoms with E-state index in [1.807, 2.05) is 37.3 Å². The number of anilines is 4. The Kier molecular flexibility index (Phi) is 5.38. The first-order chi connectivity index (χ1) is 13.1. The molecule has 0 spiro atoms. The van der Waals surface area contributed by atoms with Crippen LogP contribution in [0.3, 0.4) is 0 Å². The van der Waals surface area contributed by atoms with Gasteiger partial charge >= 0.3 is 0 Å². The fourth-order valence-electron chi connectivity index (χ4n) is 2.49. The molecule has 0 saturated carbocycles. The summed E-state index contributed by atoms with van der Waals surface area (Å²) in [5, 5.41) is 15.3. The molecule has 0 amide bonds. The smallest absolute Gasteiger partial charge is 0.229 e. The zero-order valence-electron chi connectivity index (χ0n) is 15.3. The number of aryl methyl sites for hydroxylation is 1. The Morgan fingerprint density at radius 1 is 0.926 bits per heavy atom. The minimum Gasteiger partial charge on any atom is -0.497 e. The minimum absolute atomic E-state index is 0.453. The van der Waals surface area contributed by atoms with Gasteiger partial charge in [0.2, 0.25) is 5.95 Å². The molecule has 27 heavy (non-hydrogen) atoms. The van der Waals surface area contributed by atoms with Gasteiger partial charge in [-0.15, -0.1) is 0 Å². The maximum atomic E-state index is 8.89. The highest BCUT2D eigenvalue weighted by Crippen LogP contribution is 2.31. The second-order valence-corrected chi connectivity index (χ2v) is 5.72. The van der Waals surface area contributed by atoms with Crippen molar-refractivity contribution in [2.75, 3.05) is 24.9 Å². The van der Waals surface area contributed by atoms with E-state index < -0.39 is 0 Å². The van der Waals surface area contributed by atoms with E-state index in [1.165, 1.54) is 0 Å². The number of hydrogen-bond donors (Lipinski definition) is 2. The van der Waals surface area contributed by atoms with Crippen molar-refractivity contribution in [3.63, 3.8) is 0 Å². The molecule has 7 nitrogen and oxygen atoms in total. The molecule has 7 heteroatoms. The van der Waals surface area contributed by atoms with Crippen molar-refractivity contribution in [1.29, 1.82) is 5.26 Å². The SMILES string of the molecule is COc1ccc(Nc2cc(C)nc(Nc3ccc(C#N)cc3)n2)c(OC)c1. The first-order valence-electron chi connectivity index (χ1n) is 8.23. The van der Waals surface area contributed by atoms with Crippen molar-refractivity contribution in [1.82, 2.24) is 9.97 Å². The van der Waals surface area contributed by atoms with Gasteiger partial charge in [0, 0.05) is 23.5 Å². The Morgan fingerprint density at radius 2 is 1.70 bits per heavy atom. The van der Waals surface area contributed by atoms with Gasteiger partial charge in [0.25, 0.3) is 0 Å². The van der Waals surface area contributed by atoms with E-state index in [4.69, 9.17) is 14.7 Å². The van der Waals surface area contributed by atoms with E-state index in [-0.39, 0.29) is 0 Å². The summed E-state index contributed by atoms with van der Waals surface area (Å²) in [7, 11) is 3.21. The highest BCUT2D eigenvalue weighted by molar-refractivity contribution is 5.67. The Hall–Kier alpha value is -3.79. The highest BCUT2D eigenvalue weighted by Gasteiger charge is 2.08. The normalized spacial score (nSPS) is 10.0. The molecular weight excluding hydrogens is 342 g/mol. The van der Waals surface area contributed by atoms with E-state index in [9.17, 15) is 0 Å². The zero-order chi connectivity index (χ0) is 19.2. The van der Waals surface area contributed by atoms with Gasteiger partial charge in [-0.3, -0.25) is 0 Å². The largest absolute Gasteiger partial charge is 0.497 e. The van der Waals surface area contributed by atoms with Crippen molar-refractivity contribution in [3.8, 4) is 17.6 Å². The van der Waals surface area contributed by atoms with Gasteiger partial charge in [-0.05, 0) is 43.3 Å². The summed E-state index contributed by atoms with van der Waals surface area (Å²) < 4.78 is 10.6. The van der Waals surface area contributed by atoms with Crippen LogP contribution >= 0.6 is 0 Å². The van der Waals surface area contributed by atoms with Crippen LogP contribution in [0.1, 0.15) is 11.3 Å². The number of rotatable bonds is 6. The lowest BCUT2D eigenvalue weighted by molar-refractivity contribution is 0.395. The summed E-state index contributed by atoms with van der Waals surface area (Å²) >= 11 is 0. The number of nitrogens with zero attached hydrogens (tertiary/aromatic N) is 3. The van der Waals surface area contributed by atoms with Crippen molar-refractivity contribution < 1.29 is 9.47 Å². The van der Waals surface area contributed by atoms with E-state index in [0.29, 0.717) is 28.8 Å². The van der Waals surface area contributed by atoms with Crippen LogP contribution in [0.4, 0.5) is 23.1 Å². The van der Waals surface area contributed by atoms with Gasteiger partial charge in [-0.2, -0.15) is 10.2 Å². The Labute approximate surface area is 157 Å². The van der Waals surface area contributed by atoms with Gasteiger partial charge in [0.05, 0.1) is 31.5 Å². The van der Waals surface area contributed by atoms with Gasteiger partial charge in [-0.1, -0.05) is 0 Å². The lowest BCUT2D eigenvalue weighted by Gasteiger charge is -2.13. The predicted molar refractivity (Wildman–Crippen MR) is 104 cm³/mol. The van der Waals surface area contributed by atoms with E-state index in [2.05, 4.69) is 26.7 Å². The molecule has 0 saturated heterocycles. The van der Waals surface area contributed by atoms with E-state index >= 15 is 0 Å². The van der Waals surface area contributed by atoms with Crippen LogP contribution in [0.25, 0.3) is 0 Å². The fourth-order valence-corrected chi connectivity index (χ4v) is 2.49. The van der Waals surface area contributed by atoms with Crippen LogP contribution in [-0.4, -0.2) is 24.2 Å². The maximum absolute atomic E-state index is 8.89. The molecule has 3 aromatic rings. The predicted octanol–water partition coefficient (Wildman–Crippen LogP) is 4.16. The van der Waals surface area contributed by atoms with Crippen molar-refractivity contribution in [2.45, 2.75) is 6.92 Å². The molecule has 2 N–H and O–H groups in total. The van der Waals surface area contributed by atoms with Gasteiger partial charge < -0.3 is 20.1 Å². The average Bonchev–Trinajstić information content (AvgIpc) is 2.68. The van der Waals surface area contributed by atoms with Crippen molar-refractivity contribution in [2.24, 2.45) is 0 Å². The number of nitrogens with one attached hydrogen (secondary N) is 2. The van der Waals surface area contributed by atoms with Gasteiger partial charge in [0.1, 0.15) is 17.3 Å². The van der Waals surface area contributed by atoms with Crippen molar-refractivity contribution >= 4 is 23.1 Å². The van der Waals surface area contributed by atoms with E-state index in [1.54, 1.807) is 32.4 Å². The van der Waals surface area contributed by atoms with Gasteiger partial charge in [-0.25, -0.2) is 4.98 Å². The standard InChI is InChI=1S/C20H19N5O2/c1-13-10-19(24-17-9-8-16(26-2)11-18(17)27-3)25-20(22-13)23-15-6-4-14(12-21)5-7-15/h4-11H,1-3H3,(H2,22,23,24,25). The molecule has 1 aromatic heterocycles.